The Morgan fingerprint density at radius 3 is 2.70 bits per heavy atom. The second kappa shape index (κ2) is 6.25. The van der Waals surface area contributed by atoms with E-state index in [0.29, 0.717) is 0 Å². The second-order valence-corrected chi connectivity index (χ2v) is 6.63. The molecule has 1 amide bonds. The van der Waals surface area contributed by atoms with Crippen LogP contribution >= 0.6 is 11.6 Å². The summed E-state index contributed by atoms with van der Waals surface area (Å²) in [6.45, 7) is 5.78. The second-order valence-electron chi connectivity index (χ2n) is 6.19. The number of hydrogen-bond donors (Lipinski definition) is 1. The summed E-state index contributed by atoms with van der Waals surface area (Å²) in [7, 11) is 0. The molecule has 0 aliphatic carbocycles. The number of fused-ring (bicyclic) bond motifs is 1. The largest absolute Gasteiger partial charge is 0.378 e. The summed E-state index contributed by atoms with van der Waals surface area (Å²) >= 11 is 6.05. The summed E-state index contributed by atoms with van der Waals surface area (Å²) in [5.41, 5.74) is 4.37. The predicted octanol–water partition coefficient (Wildman–Crippen LogP) is 4.95. The lowest BCUT2D eigenvalue weighted by Crippen LogP contribution is -2.43. The first kappa shape index (κ1) is 15.9. The van der Waals surface area contributed by atoms with Crippen LogP contribution in [0.15, 0.2) is 42.5 Å². The van der Waals surface area contributed by atoms with E-state index in [1.165, 1.54) is 0 Å². The Morgan fingerprint density at radius 2 is 2.00 bits per heavy atom. The lowest BCUT2D eigenvalue weighted by atomic mass is 9.91. The van der Waals surface area contributed by atoms with E-state index in [0.717, 1.165) is 33.9 Å². The SMILES string of the molecule is CC(=O)N1c2ccccc2[C@H](Nc2ccc(Cl)cc2C)C[C@@H]1C. The van der Waals surface area contributed by atoms with Crippen molar-refractivity contribution in [3.63, 3.8) is 0 Å². The normalized spacial score (nSPS) is 20.1. The van der Waals surface area contributed by atoms with Crippen molar-refractivity contribution in [3.8, 4) is 0 Å². The van der Waals surface area contributed by atoms with Crippen LogP contribution in [0.5, 0.6) is 0 Å². The summed E-state index contributed by atoms with van der Waals surface area (Å²) in [5, 5.41) is 4.37. The van der Waals surface area contributed by atoms with Gasteiger partial charge in [0.1, 0.15) is 0 Å². The summed E-state index contributed by atoms with van der Waals surface area (Å²) in [5.74, 6) is 0.0890. The number of halogens is 1. The van der Waals surface area contributed by atoms with Gasteiger partial charge in [-0.15, -0.1) is 0 Å². The highest BCUT2D eigenvalue weighted by Crippen LogP contribution is 2.39. The fourth-order valence-electron chi connectivity index (χ4n) is 3.41. The van der Waals surface area contributed by atoms with Gasteiger partial charge in [0.05, 0.1) is 6.04 Å². The highest BCUT2D eigenvalue weighted by molar-refractivity contribution is 6.30. The lowest BCUT2D eigenvalue weighted by molar-refractivity contribution is -0.117. The maximum absolute atomic E-state index is 12.0. The molecule has 0 saturated carbocycles. The first-order valence-corrected chi connectivity index (χ1v) is 8.26. The highest BCUT2D eigenvalue weighted by Gasteiger charge is 2.32. The van der Waals surface area contributed by atoms with Crippen LogP contribution in [0.25, 0.3) is 0 Å². The molecule has 3 nitrogen and oxygen atoms in total. The zero-order valence-electron chi connectivity index (χ0n) is 13.6. The van der Waals surface area contributed by atoms with Crippen molar-refractivity contribution in [1.29, 1.82) is 0 Å². The Morgan fingerprint density at radius 1 is 1.26 bits per heavy atom. The van der Waals surface area contributed by atoms with E-state index in [-0.39, 0.29) is 18.0 Å². The van der Waals surface area contributed by atoms with Crippen molar-refractivity contribution in [2.45, 2.75) is 39.3 Å². The fraction of sp³-hybridized carbons (Fsp3) is 0.316. The van der Waals surface area contributed by atoms with Gasteiger partial charge in [-0.2, -0.15) is 0 Å². The molecule has 1 heterocycles. The Kier molecular flexibility index (Phi) is 4.31. The smallest absolute Gasteiger partial charge is 0.224 e. The highest BCUT2D eigenvalue weighted by atomic mass is 35.5. The number of para-hydroxylation sites is 1. The van der Waals surface area contributed by atoms with Crippen LogP contribution < -0.4 is 10.2 Å². The summed E-state index contributed by atoms with van der Waals surface area (Å²) in [4.78, 5) is 13.9. The van der Waals surface area contributed by atoms with Crippen molar-refractivity contribution < 1.29 is 4.79 Å². The molecule has 0 radical (unpaired) electrons. The quantitative estimate of drug-likeness (QED) is 0.846. The molecule has 23 heavy (non-hydrogen) atoms. The fourth-order valence-corrected chi connectivity index (χ4v) is 3.63. The molecule has 1 aliphatic heterocycles. The predicted molar refractivity (Wildman–Crippen MR) is 96.2 cm³/mol. The number of hydrogen-bond acceptors (Lipinski definition) is 2. The van der Waals surface area contributed by atoms with Crippen LogP contribution in [-0.4, -0.2) is 11.9 Å². The van der Waals surface area contributed by atoms with Crippen LogP contribution in [0, 0.1) is 6.92 Å². The van der Waals surface area contributed by atoms with Crippen LogP contribution in [-0.2, 0) is 4.79 Å². The van der Waals surface area contributed by atoms with Gasteiger partial charge in [0.25, 0.3) is 0 Å². The minimum atomic E-state index is 0.0890. The molecule has 0 aromatic heterocycles. The molecule has 0 spiro atoms. The third kappa shape index (κ3) is 3.06. The van der Waals surface area contributed by atoms with Crippen molar-refractivity contribution in [2.24, 2.45) is 0 Å². The number of aryl methyl sites for hydroxylation is 1. The standard InChI is InChI=1S/C19H21ClN2O/c1-12-10-15(20)8-9-17(12)21-18-11-13(2)22(14(3)23)19-7-5-4-6-16(18)19/h4-10,13,18,21H,11H2,1-3H3/t13-,18+/m0/s1. The van der Waals surface area contributed by atoms with Gasteiger partial charge in [-0.1, -0.05) is 29.8 Å². The van der Waals surface area contributed by atoms with Crippen LogP contribution in [0.2, 0.25) is 5.02 Å². The van der Waals surface area contributed by atoms with Gasteiger partial charge in [0.2, 0.25) is 5.91 Å². The number of nitrogens with zero attached hydrogens (tertiary/aromatic N) is 1. The molecule has 3 rings (SSSR count). The maximum Gasteiger partial charge on any atom is 0.224 e. The molecule has 0 unspecified atom stereocenters. The topological polar surface area (TPSA) is 32.3 Å². The number of anilines is 2. The van der Waals surface area contributed by atoms with E-state index < -0.39 is 0 Å². The molecule has 0 saturated heterocycles. The number of carbonyl (C=O) groups excluding carboxylic acids is 1. The van der Waals surface area contributed by atoms with E-state index >= 15 is 0 Å². The molecular formula is C19H21ClN2O. The van der Waals surface area contributed by atoms with Crippen LogP contribution in [0.3, 0.4) is 0 Å². The van der Waals surface area contributed by atoms with Crippen molar-refractivity contribution in [2.75, 3.05) is 10.2 Å². The van der Waals surface area contributed by atoms with E-state index in [9.17, 15) is 4.79 Å². The molecule has 4 heteroatoms. The van der Waals surface area contributed by atoms with Gasteiger partial charge in [-0.05, 0) is 55.7 Å². The van der Waals surface area contributed by atoms with Crippen molar-refractivity contribution in [1.82, 2.24) is 0 Å². The summed E-state index contributed by atoms with van der Waals surface area (Å²) < 4.78 is 0. The molecular weight excluding hydrogens is 308 g/mol. The number of rotatable bonds is 2. The molecule has 2 aromatic rings. The van der Waals surface area contributed by atoms with E-state index in [1.54, 1.807) is 6.92 Å². The number of benzene rings is 2. The minimum Gasteiger partial charge on any atom is -0.378 e. The Balaban J connectivity index is 1.97. The van der Waals surface area contributed by atoms with Crippen molar-refractivity contribution in [3.05, 3.63) is 58.6 Å². The third-order valence-corrected chi connectivity index (χ3v) is 4.68. The van der Waals surface area contributed by atoms with E-state index in [1.807, 2.05) is 48.2 Å². The molecule has 120 valence electrons. The average molecular weight is 329 g/mol. The first-order valence-electron chi connectivity index (χ1n) is 7.89. The maximum atomic E-state index is 12.0. The van der Waals surface area contributed by atoms with Crippen LogP contribution in [0.4, 0.5) is 11.4 Å². The number of nitrogens with one attached hydrogen (secondary N) is 1. The van der Waals surface area contributed by atoms with Gasteiger partial charge in [-0.25, -0.2) is 0 Å². The molecule has 1 aliphatic rings. The molecule has 1 N–H and O–H groups in total. The molecule has 2 atom stereocenters. The molecule has 0 fully saturated rings. The van der Waals surface area contributed by atoms with Crippen LogP contribution in [0.1, 0.15) is 37.4 Å². The Hall–Kier alpha value is -2.00. The lowest BCUT2D eigenvalue weighted by Gasteiger charge is -2.39. The number of amides is 1. The zero-order chi connectivity index (χ0) is 16.6. The van der Waals surface area contributed by atoms with Gasteiger partial charge in [-0.3, -0.25) is 4.79 Å². The van der Waals surface area contributed by atoms with E-state index in [2.05, 4.69) is 18.3 Å². The Labute approximate surface area is 142 Å². The first-order chi connectivity index (χ1) is 11.0. The van der Waals surface area contributed by atoms with Gasteiger partial charge in [0.15, 0.2) is 0 Å². The monoisotopic (exact) mass is 328 g/mol. The molecule has 0 bridgehead atoms. The summed E-state index contributed by atoms with van der Waals surface area (Å²) in [6.07, 6.45) is 0.874. The van der Waals surface area contributed by atoms with Gasteiger partial charge < -0.3 is 10.2 Å². The Bertz CT molecular complexity index is 744. The third-order valence-electron chi connectivity index (χ3n) is 4.45. The van der Waals surface area contributed by atoms with E-state index in [4.69, 9.17) is 11.6 Å². The van der Waals surface area contributed by atoms with Crippen molar-refractivity contribution >= 4 is 28.9 Å². The van der Waals surface area contributed by atoms with Gasteiger partial charge in [0, 0.05) is 29.4 Å². The van der Waals surface area contributed by atoms with Gasteiger partial charge >= 0.3 is 0 Å². The zero-order valence-corrected chi connectivity index (χ0v) is 14.4. The summed E-state index contributed by atoms with van der Waals surface area (Å²) in [6, 6.07) is 14.3. The molecule has 2 aromatic carbocycles. The minimum absolute atomic E-state index is 0.0890. The average Bonchev–Trinajstić information content (AvgIpc) is 2.49. The number of carbonyl (C=O) groups is 1.